The van der Waals surface area contributed by atoms with Crippen LogP contribution in [0.3, 0.4) is 0 Å². The maximum atomic E-state index is 13.0. The lowest BCUT2D eigenvalue weighted by molar-refractivity contribution is -0.134. The minimum atomic E-state index is 0.0289. The van der Waals surface area contributed by atoms with Gasteiger partial charge in [-0.3, -0.25) is 9.59 Å². The lowest BCUT2D eigenvalue weighted by Gasteiger charge is -2.34. The van der Waals surface area contributed by atoms with Crippen molar-refractivity contribution in [2.45, 2.75) is 38.8 Å². The average molecular weight is 334 g/mol. The van der Waals surface area contributed by atoms with Crippen LogP contribution in [0.1, 0.15) is 26.2 Å². The van der Waals surface area contributed by atoms with Gasteiger partial charge in [-0.1, -0.05) is 24.3 Å². The summed E-state index contributed by atoms with van der Waals surface area (Å²) in [6.45, 7) is 3.22. The molecule has 25 heavy (non-hydrogen) atoms. The molecule has 0 bridgehead atoms. The number of nitrogens with zero attached hydrogens (tertiary/aromatic N) is 2. The Kier molecular flexibility index (Phi) is 4.04. The van der Waals surface area contributed by atoms with Crippen LogP contribution in [0.15, 0.2) is 53.3 Å². The maximum Gasteiger partial charge on any atom is 0.242 e. The summed E-state index contributed by atoms with van der Waals surface area (Å²) in [5, 5.41) is 1.33. The molecule has 1 saturated heterocycles. The fourth-order valence-corrected chi connectivity index (χ4v) is 3.94. The number of pyridine rings is 1. The predicted molar refractivity (Wildman–Crippen MR) is 101 cm³/mol. The minimum absolute atomic E-state index is 0.0289. The highest BCUT2D eigenvalue weighted by atomic mass is 16.2. The van der Waals surface area contributed by atoms with Gasteiger partial charge >= 0.3 is 0 Å². The molecule has 0 unspecified atom stereocenters. The molecule has 128 valence electrons. The van der Waals surface area contributed by atoms with Crippen LogP contribution in [0.2, 0.25) is 0 Å². The number of piperidine rings is 1. The van der Waals surface area contributed by atoms with E-state index in [1.807, 2.05) is 58.0 Å². The molecule has 1 amide bonds. The molecule has 0 N–H and O–H groups in total. The number of fused-ring (bicyclic) bond motifs is 2. The molecule has 1 aromatic heterocycles. The zero-order valence-electron chi connectivity index (χ0n) is 14.4. The molecule has 4 rings (SSSR count). The summed E-state index contributed by atoms with van der Waals surface area (Å²) in [7, 11) is 0. The van der Waals surface area contributed by atoms with Crippen LogP contribution in [0, 0.1) is 0 Å². The predicted octanol–water partition coefficient (Wildman–Crippen LogP) is 3.56. The Morgan fingerprint density at radius 3 is 2.20 bits per heavy atom. The largest absolute Gasteiger partial charge is 0.338 e. The highest BCUT2D eigenvalue weighted by Gasteiger charge is 2.24. The van der Waals surface area contributed by atoms with Crippen LogP contribution >= 0.6 is 0 Å². The van der Waals surface area contributed by atoms with Crippen molar-refractivity contribution in [1.29, 1.82) is 0 Å². The van der Waals surface area contributed by atoms with Gasteiger partial charge in [0.25, 0.3) is 0 Å². The molecule has 4 nitrogen and oxygen atoms in total. The van der Waals surface area contributed by atoms with Gasteiger partial charge in [-0.05, 0) is 50.5 Å². The Labute approximate surface area is 146 Å². The van der Waals surface area contributed by atoms with Gasteiger partial charge in [-0.15, -0.1) is 0 Å². The summed E-state index contributed by atoms with van der Waals surface area (Å²) in [6, 6.07) is 15.4. The van der Waals surface area contributed by atoms with Gasteiger partial charge in [0.2, 0.25) is 5.91 Å². The smallest absolute Gasteiger partial charge is 0.242 e. The number of hydrogen-bond acceptors (Lipinski definition) is 2. The summed E-state index contributed by atoms with van der Waals surface area (Å²) in [4.78, 5) is 27.7. The summed E-state index contributed by atoms with van der Waals surface area (Å²) >= 11 is 0. The lowest BCUT2D eigenvalue weighted by Crippen LogP contribution is -2.43. The number of carbonyl (C=O) groups excluding carboxylic acids is 1. The number of rotatable bonds is 2. The Hall–Kier alpha value is -2.62. The van der Waals surface area contributed by atoms with Gasteiger partial charge in [0, 0.05) is 23.4 Å². The van der Waals surface area contributed by atoms with Crippen molar-refractivity contribution >= 4 is 27.7 Å². The van der Waals surface area contributed by atoms with Gasteiger partial charge in [-0.2, -0.15) is 0 Å². The number of benzene rings is 2. The number of aromatic nitrogens is 1. The van der Waals surface area contributed by atoms with E-state index in [9.17, 15) is 9.59 Å². The average Bonchev–Trinajstić information content (AvgIpc) is 2.65. The summed E-state index contributed by atoms with van der Waals surface area (Å²) in [6.07, 6.45) is 3.33. The first-order valence-electron chi connectivity index (χ1n) is 8.96. The first kappa shape index (κ1) is 15.9. The van der Waals surface area contributed by atoms with Crippen molar-refractivity contribution in [3.63, 3.8) is 0 Å². The molecule has 0 spiro atoms. The van der Waals surface area contributed by atoms with Crippen molar-refractivity contribution in [3.8, 4) is 0 Å². The molecular formula is C21H22N2O2. The van der Waals surface area contributed by atoms with Gasteiger partial charge < -0.3 is 9.47 Å². The number of hydrogen-bond donors (Lipinski definition) is 0. The fourth-order valence-electron chi connectivity index (χ4n) is 3.94. The zero-order valence-corrected chi connectivity index (χ0v) is 14.4. The molecule has 0 aliphatic carbocycles. The van der Waals surface area contributed by atoms with Gasteiger partial charge in [0.05, 0.1) is 11.0 Å². The van der Waals surface area contributed by atoms with E-state index in [-0.39, 0.29) is 23.9 Å². The van der Waals surface area contributed by atoms with E-state index in [4.69, 9.17) is 0 Å². The highest BCUT2D eigenvalue weighted by Crippen LogP contribution is 2.21. The van der Waals surface area contributed by atoms with E-state index < -0.39 is 0 Å². The van der Waals surface area contributed by atoms with Crippen LogP contribution in [-0.4, -0.2) is 28.0 Å². The summed E-state index contributed by atoms with van der Waals surface area (Å²) in [5.74, 6) is 0.131. The molecule has 1 aliphatic rings. The van der Waals surface area contributed by atoms with Crippen LogP contribution < -0.4 is 5.43 Å². The van der Waals surface area contributed by atoms with E-state index in [1.165, 1.54) is 6.42 Å². The number of para-hydroxylation sites is 2. The molecule has 0 radical (unpaired) electrons. The van der Waals surface area contributed by atoms with Crippen molar-refractivity contribution < 1.29 is 4.79 Å². The molecule has 4 heteroatoms. The third kappa shape index (κ3) is 2.72. The quantitative estimate of drug-likeness (QED) is 0.673. The van der Waals surface area contributed by atoms with E-state index in [0.29, 0.717) is 10.8 Å². The fraction of sp³-hybridized carbons (Fsp3) is 0.333. The third-order valence-corrected chi connectivity index (χ3v) is 5.30. The highest BCUT2D eigenvalue weighted by molar-refractivity contribution is 5.94. The normalized spacial score (nSPS) is 18.0. The zero-order chi connectivity index (χ0) is 17.4. The molecule has 0 saturated carbocycles. The van der Waals surface area contributed by atoms with Crippen molar-refractivity contribution in [3.05, 3.63) is 58.8 Å². The second-order valence-corrected chi connectivity index (χ2v) is 6.88. The van der Waals surface area contributed by atoms with E-state index in [2.05, 4.69) is 6.92 Å². The number of likely N-dealkylation sites (tertiary alicyclic amines) is 1. The molecule has 1 atom stereocenters. The topological polar surface area (TPSA) is 42.3 Å². The Morgan fingerprint density at radius 2 is 1.60 bits per heavy atom. The second-order valence-electron chi connectivity index (χ2n) is 6.88. The van der Waals surface area contributed by atoms with E-state index >= 15 is 0 Å². The van der Waals surface area contributed by atoms with Crippen LogP contribution in [0.4, 0.5) is 0 Å². The number of carbonyl (C=O) groups is 1. The van der Waals surface area contributed by atoms with Crippen molar-refractivity contribution in [2.24, 2.45) is 0 Å². The molecule has 1 aliphatic heterocycles. The Balaban J connectivity index is 1.86. The van der Waals surface area contributed by atoms with Gasteiger partial charge in [-0.25, -0.2) is 0 Å². The van der Waals surface area contributed by atoms with Gasteiger partial charge in [0.15, 0.2) is 5.43 Å². The summed E-state index contributed by atoms with van der Waals surface area (Å²) < 4.78 is 2.00. The Morgan fingerprint density at radius 1 is 1.00 bits per heavy atom. The monoisotopic (exact) mass is 334 g/mol. The number of amides is 1. The first-order chi connectivity index (χ1) is 12.2. The lowest BCUT2D eigenvalue weighted by atomic mass is 10.0. The molecular weight excluding hydrogens is 312 g/mol. The van der Waals surface area contributed by atoms with Crippen molar-refractivity contribution in [1.82, 2.24) is 9.47 Å². The molecule has 2 aromatic carbocycles. The van der Waals surface area contributed by atoms with Crippen LogP contribution in [0.25, 0.3) is 21.8 Å². The summed E-state index contributed by atoms with van der Waals surface area (Å²) in [5.41, 5.74) is 1.68. The SMILES string of the molecule is C[C@@H]1CCCCN1C(=O)Cn1c2ccccc2c(=O)c2ccccc21. The van der Waals surface area contributed by atoms with Crippen LogP contribution in [0.5, 0.6) is 0 Å². The molecule has 2 heterocycles. The Bertz CT molecular complexity index is 946. The third-order valence-electron chi connectivity index (χ3n) is 5.30. The first-order valence-corrected chi connectivity index (χ1v) is 8.96. The van der Waals surface area contributed by atoms with Crippen LogP contribution in [-0.2, 0) is 11.3 Å². The standard InChI is InChI=1S/C21H22N2O2/c1-15-8-6-7-13-22(15)20(24)14-23-18-11-4-2-9-16(18)21(25)17-10-3-5-12-19(17)23/h2-5,9-12,15H,6-8,13-14H2,1H3/t15-/m1/s1. The second kappa shape index (κ2) is 6.36. The minimum Gasteiger partial charge on any atom is -0.338 e. The molecule has 3 aromatic rings. The maximum absolute atomic E-state index is 13.0. The van der Waals surface area contributed by atoms with E-state index in [0.717, 1.165) is 30.4 Å². The molecule has 1 fully saturated rings. The van der Waals surface area contributed by atoms with Crippen molar-refractivity contribution in [2.75, 3.05) is 6.54 Å². The van der Waals surface area contributed by atoms with E-state index in [1.54, 1.807) is 0 Å². The van der Waals surface area contributed by atoms with Gasteiger partial charge in [0.1, 0.15) is 6.54 Å².